The molecule has 5 nitrogen and oxygen atoms in total. The van der Waals surface area contributed by atoms with Crippen molar-refractivity contribution in [2.75, 3.05) is 19.5 Å². The summed E-state index contributed by atoms with van der Waals surface area (Å²) in [4.78, 5) is 5.67. The Labute approximate surface area is 121 Å². The predicted octanol–water partition coefficient (Wildman–Crippen LogP) is 2.29. The number of thioether (sulfide) groups is 1. The van der Waals surface area contributed by atoms with Crippen LogP contribution in [0.3, 0.4) is 0 Å². The highest BCUT2D eigenvalue weighted by Gasteiger charge is 2.29. The molecule has 2 heterocycles. The summed E-state index contributed by atoms with van der Waals surface area (Å²) in [5, 5.41) is 4.05. The van der Waals surface area contributed by atoms with E-state index in [-0.39, 0.29) is 12.0 Å². The Kier molecular flexibility index (Phi) is 4.05. The van der Waals surface area contributed by atoms with Crippen LogP contribution in [0, 0.1) is 0 Å². The summed E-state index contributed by atoms with van der Waals surface area (Å²) in [6.07, 6.45) is 2.87. The summed E-state index contributed by atoms with van der Waals surface area (Å²) in [5.41, 5.74) is 7.03. The van der Waals surface area contributed by atoms with E-state index < -0.39 is 0 Å². The molecule has 2 unspecified atom stereocenters. The minimum atomic E-state index is -0.00419. The van der Waals surface area contributed by atoms with Crippen LogP contribution >= 0.6 is 11.8 Å². The number of ether oxygens (including phenoxy) is 1. The van der Waals surface area contributed by atoms with Gasteiger partial charge in [0.2, 0.25) is 11.7 Å². The first-order valence-corrected chi connectivity index (χ1v) is 7.82. The second-order valence-electron chi connectivity index (χ2n) is 4.82. The molecular formula is C14H17N3O2S. The van der Waals surface area contributed by atoms with Crippen LogP contribution in [0.25, 0.3) is 11.4 Å². The van der Waals surface area contributed by atoms with Gasteiger partial charge in [-0.1, -0.05) is 5.16 Å². The van der Waals surface area contributed by atoms with Gasteiger partial charge in [-0.05, 0) is 36.9 Å². The van der Waals surface area contributed by atoms with Crippen molar-refractivity contribution in [2.45, 2.75) is 23.3 Å². The molecule has 3 rings (SSSR count). The minimum Gasteiger partial charge on any atom is -0.381 e. The normalized spacial score (nSPS) is 22.9. The van der Waals surface area contributed by atoms with Gasteiger partial charge in [0.05, 0.1) is 12.5 Å². The number of hydrogen-bond donors (Lipinski definition) is 1. The lowest BCUT2D eigenvalue weighted by molar-refractivity contribution is 0.0590. The fourth-order valence-corrected chi connectivity index (χ4v) is 2.66. The maximum atomic E-state index is 6.09. The monoisotopic (exact) mass is 291 g/mol. The third kappa shape index (κ3) is 2.72. The Morgan fingerprint density at radius 3 is 2.80 bits per heavy atom. The van der Waals surface area contributed by atoms with Gasteiger partial charge in [0.1, 0.15) is 0 Å². The van der Waals surface area contributed by atoms with Gasteiger partial charge in [0, 0.05) is 23.1 Å². The maximum Gasteiger partial charge on any atom is 0.233 e. The molecule has 0 radical (unpaired) electrons. The molecule has 2 atom stereocenters. The largest absolute Gasteiger partial charge is 0.381 e. The topological polar surface area (TPSA) is 74.2 Å². The summed E-state index contributed by atoms with van der Waals surface area (Å²) >= 11 is 1.70. The molecule has 2 aromatic rings. The van der Waals surface area contributed by atoms with Crippen LogP contribution in [0.4, 0.5) is 0 Å². The van der Waals surface area contributed by atoms with E-state index in [1.54, 1.807) is 11.8 Å². The molecule has 20 heavy (non-hydrogen) atoms. The lowest BCUT2D eigenvalue weighted by Gasteiger charge is -2.25. The molecule has 6 heteroatoms. The molecule has 2 N–H and O–H groups in total. The standard InChI is InChI=1S/C14H17N3O2S/c1-20-10-4-2-9(3-5-10)13-16-14(19-17-13)11-8-18-7-6-12(11)15/h2-5,11-12H,6-8,15H2,1H3. The highest BCUT2D eigenvalue weighted by Crippen LogP contribution is 2.26. The first kappa shape index (κ1) is 13.6. The molecule has 0 spiro atoms. The van der Waals surface area contributed by atoms with Crippen molar-refractivity contribution < 1.29 is 9.26 Å². The van der Waals surface area contributed by atoms with Crippen LogP contribution < -0.4 is 5.73 Å². The zero-order valence-electron chi connectivity index (χ0n) is 11.3. The van der Waals surface area contributed by atoms with Gasteiger partial charge in [-0.15, -0.1) is 11.8 Å². The number of benzene rings is 1. The molecule has 106 valence electrons. The van der Waals surface area contributed by atoms with Crippen molar-refractivity contribution in [1.29, 1.82) is 0 Å². The van der Waals surface area contributed by atoms with Crippen LogP contribution in [-0.2, 0) is 4.74 Å². The van der Waals surface area contributed by atoms with Gasteiger partial charge in [-0.25, -0.2) is 0 Å². The van der Waals surface area contributed by atoms with Crippen molar-refractivity contribution in [3.63, 3.8) is 0 Å². The van der Waals surface area contributed by atoms with Gasteiger partial charge >= 0.3 is 0 Å². The molecule has 0 amide bonds. The second-order valence-corrected chi connectivity index (χ2v) is 5.70. The number of rotatable bonds is 3. The Balaban J connectivity index is 1.81. The molecule has 1 fully saturated rings. The van der Waals surface area contributed by atoms with Crippen LogP contribution in [0.5, 0.6) is 0 Å². The second kappa shape index (κ2) is 5.95. The average molecular weight is 291 g/mol. The van der Waals surface area contributed by atoms with Gasteiger partial charge < -0.3 is 15.0 Å². The molecule has 1 aromatic heterocycles. The highest BCUT2D eigenvalue weighted by atomic mass is 32.2. The fraction of sp³-hybridized carbons (Fsp3) is 0.429. The van der Waals surface area contributed by atoms with Crippen molar-refractivity contribution in [1.82, 2.24) is 10.1 Å². The number of nitrogens with zero attached hydrogens (tertiary/aromatic N) is 2. The summed E-state index contributed by atoms with van der Waals surface area (Å²) < 4.78 is 10.8. The fourth-order valence-electron chi connectivity index (χ4n) is 2.25. The van der Waals surface area contributed by atoms with E-state index in [2.05, 4.69) is 10.1 Å². The molecule has 1 aliphatic rings. The van der Waals surface area contributed by atoms with Gasteiger partial charge in [0.15, 0.2) is 0 Å². The SMILES string of the molecule is CSc1ccc(-c2noc(C3COCCC3N)n2)cc1. The first-order valence-electron chi connectivity index (χ1n) is 6.59. The van der Waals surface area contributed by atoms with E-state index in [4.69, 9.17) is 15.0 Å². The van der Waals surface area contributed by atoms with E-state index in [1.807, 2.05) is 30.5 Å². The molecule has 0 aliphatic carbocycles. The predicted molar refractivity (Wildman–Crippen MR) is 77.7 cm³/mol. The Morgan fingerprint density at radius 1 is 1.30 bits per heavy atom. The number of nitrogens with two attached hydrogens (primary N) is 1. The van der Waals surface area contributed by atoms with E-state index in [0.29, 0.717) is 24.9 Å². The zero-order chi connectivity index (χ0) is 13.9. The zero-order valence-corrected chi connectivity index (χ0v) is 12.1. The van der Waals surface area contributed by atoms with Crippen molar-refractivity contribution in [3.05, 3.63) is 30.2 Å². The van der Waals surface area contributed by atoms with E-state index in [1.165, 1.54) is 4.90 Å². The van der Waals surface area contributed by atoms with E-state index >= 15 is 0 Å². The smallest absolute Gasteiger partial charge is 0.233 e. The maximum absolute atomic E-state index is 6.09. The number of hydrogen-bond acceptors (Lipinski definition) is 6. The minimum absolute atomic E-state index is 0.00419. The van der Waals surface area contributed by atoms with Crippen LogP contribution in [0.2, 0.25) is 0 Å². The first-order chi connectivity index (χ1) is 9.78. The Morgan fingerprint density at radius 2 is 2.10 bits per heavy atom. The average Bonchev–Trinajstić information content (AvgIpc) is 2.97. The number of aromatic nitrogens is 2. The lowest BCUT2D eigenvalue weighted by Crippen LogP contribution is -2.37. The van der Waals surface area contributed by atoms with Crippen molar-refractivity contribution >= 4 is 11.8 Å². The summed E-state index contributed by atoms with van der Waals surface area (Å²) in [6, 6.07) is 8.11. The highest BCUT2D eigenvalue weighted by molar-refractivity contribution is 7.98. The molecule has 1 saturated heterocycles. The Bertz CT molecular complexity index is 570. The van der Waals surface area contributed by atoms with Gasteiger partial charge in [-0.3, -0.25) is 0 Å². The third-order valence-corrected chi connectivity index (χ3v) is 4.26. The lowest BCUT2D eigenvalue weighted by atomic mass is 9.97. The molecule has 1 aliphatic heterocycles. The molecular weight excluding hydrogens is 274 g/mol. The quantitative estimate of drug-likeness (QED) is 0.875. The van der Waals surface area contributed by atoms with Gasteiger partial charge in [-0.2, -0.15) is 4.98 Å². The third-order valence-electron chi connectivity index (χ3n) is 3.52. The van der Waals surface area contributed by atoms with Crippen LogP contribution in [0.15, 0.2) is 33.7 Å². The summed E-state index contributed by atoms with van der Waals surface area (Å²) in [7, 11) is 0. The molecule has 1 aromatic carbocycles. The van der Waals surface area contributed by atoms with E-state index in [9.17, 15) is 0 Å². The van der Waals surface area contributed by atoms with Gasteiger partial charge in [0.25, 0.3) is 0 Å². The van der Waals surface area contributed by atoms with E-state index in [0.717, 1.165) is 12.0 Å². The van der Waals surface area contributed by atoms with Crippen LogP contribution in [-0.4, -0.2) is 35.7 Å². The molecule has 0 saturated carbocycles. The summed E-state index contributed by atoms with van der Waals surface area (Å²) in [5.74, 6) is 1.17. The molecule has 0 bridgehead atoms. The van der Waals surface area contributed by atoms with Crippen molar-refractivity contribution in [2.24, 2.45) is 5.73 Å². The van der Waals surface area contributed by atoms with Crippen LogP contribution in [0.1, 0.15) is 18.2 Å². The summed E-state index contributed by atoms with van der Waals surface area (Å²) in [6.45, 7) is 1.25. The van der Waals surface area contributed by atoms with Crippen molar-refractivity contribution in [3.8, 4) is 11.4 Å². The Hall–Kier alpha value is -1.37.